The number of piperazine rings is 2. The Balaban J connectivity index is 0.0000101. The molecule has 0 aromatic carbocycles. The number of aliphatic carboxylic acids is 2. The number of hydrogen-bond donors (Lipinski definition) is 6. The van der Waals surface area contributed by atoms with Gasteiger partial charge in [0, 0.05) is 71.7 Å². The van der Waals surface area contributed by atoms with Crippen LogP contribution in [0.25, 0.3) is 0 Å². The SMILES string of the molecule is C#CCOCCOCCOCCNc1nc(N2CCN(C(=O)C(CCC(=O)O)n3cc(C(N)CO)nn3)CC2)nc(N2CCN(C(=O)C(CCC(=O)O)n3cc(C(N)CC(C)C)nn3)CC2)n1.[Cl-]. The van der Waals surface area contributed by atoms with Gasteiger partial charge in [0.05, 0.1) is 69.8 Å². The lowest BCUT2D eigenvalue weighted by Gasteiger charge is -2.38. The highest BCUT2D eigenvalue weighted by molar-refractivity contribution is 5.82. The van der Waals surface area contributed by atoms with Gasteiger partial charge in [0.15, 0.2) is 0 Å². The molecule has 0 bridgehead atoms. The Kier molecular flexibility index (Phi) is 22.4. The van der Waals surface area contributed by atoms with E-state index in [1.807, 2.05) is 23.6 Å². The van der Waals surface area contributed by atoms with Gasteiger partial charge in [-0.3, -0.25) is 19.2 Å². The standard InChI is InChI=1S/C41H64N16O10.ClH/c1-4-18-65-20-22-67-23-21-66-19-9-44-39-45-40(54-14-10-52(11-15-54)37(63)33(5-7-35(59)60)56-25-31(48-50-56)29(42)24-28(2)3)47-41(46-39)55-16-12-53(13-17-55)38(64)34(6-8-36(61)62)57-26-32(49-51-57)30(43)27-58;/h1,25-26,28-30,33-34,58H,5-24,27,42-43H2,2-3H3,(H,59,60)(H,61,62)(H,44,45,46,47);1H/p-1. The first kappa shape index (κ1) is 54.8. The van der Waals surface area contributed by atoms with Crippen LogP contribution in [0.1, 0.15) is 81.5 Å². The number of carboxylic acid groups (broad SMARTS) is 2. The van der Waals surface area contributed by atoms with Crippen LogP contribution in [0.5, 0.6) is 0 Å². The van der Waals surface area contributed by atoms with Gasteiger partial charge in [-0.1, -0.05) is 30.2 Å². The second kappa shape index (κ2) is 27.9. The van der Waals surface area contributed by atoms with Crippen LogP contribution in [0, 0.1) is 18.3 Å². The highest BCUT2D eigenvalue weighted by Crippen LogP contribution is 2.25. The minimum absolute atomic E-state index is 0. The first-order valence-corrected chi connectivity index (χ1v) is 22.4. The summed E-state index contributed by atoms with van der Waals surface area (Å²) in [5.41, 5.74) is 13.0. The molecule has 0 spiro atoms. The number of halogens is 1. The Morgan fingerprint density at radius 3 is 1.62 bits per heavy atom. The Morgan fingerprint density at radius 1 is 0.721 bits per heavy atom. The van der Waals surface area contributed by atoms with Crippen LogP contribution in [-0.2, 0) is 33.4 Å². The third kappa shape index (κ3) is 16.5. The van der Waals surface area contributed by atoms with Gasteiger partial charge in [-0.15, -0.1) is 16.6 Å². The summed E-state index contributed by atoms with van der Waals surface area (Å²) in [4.78, 5) is 72.6. The quantitative estimate of drug-likeness (QED) is 0.0296. The number of aliphatic hydroxyl groups excluding tert-OH is 1. The molecule has 8 N–H and O–H groups in total. The number of amides is 2. The van der Waals surface area contributed by atoms with E-state index in [0.717, 1.165) is 0 Å². The van der Waals surface area contributed by atoms with Crippen molar-refractivity contribution in [1.82, 2.24) is 54.7 Å². The smallest absolute Gasteiger partial charge is 0.303 e. The highest BCUT2D eigenvalue weighted by atomic mass is 35.5. The van der Waals surface area contributed by atoms with Gasteiger partial charge in [-0.25, -0.2) is 9.36 Å². The molecule has 2 fully saturated rings. The van der Waals surface area contributed by atoms with Crippen molar-refractivity contribution in [1.29, 1.82) is 0 Å². The lowest BCUT2D eigenvalue weighted by atomic mass is 10.0. The van der Waals surface area contributed by atoms with Gasteiger partial charge < -0.3 is 78.3 Å². The molecule has 27 heteroatoms. The summed E-state index contributed by atoms with van der Waals surface area (Å²) < 4.78 is 19.1. The summed E-state index contributed by atoms with van der Waals surface area (Å²) in [5.74, 6) is 0.976. The minimum atomic E-state index is -1.07. The fourth-order valence-corrected chi connectivity index (χ4v) is 7.40. The first-order valence-electron chi connectivity index (χ1n) is 22.4. The van der Waals surface area contributed by atoms with Crippen LogP contribution in [0.3, 0.4) is 0 Å². The second-order valence-electron chi connectivity index (χ2n) is 16.5. The second-order valence-corrected chi connectivity index (χ2v) is 16.5. The van der Waals surface area contributed by atoms with Crippen molar-refractivity contribution in [2.45, 2.75) is 70.1 Å². The van der Waals surface area contributed by atoms with Gasteiger partial charge in [0.1, 0.15) is 24.4 Å². The molecule has 5 heterocycles. The number of rotatable bonds is 28. The molecule has 3 aromatic heterocycles. The Hall–Kier alpha value is -5.82. The van der Waals surface area contributed by atoms with Crippen LogP contribution < -0.4 is 39.0 Å². The van der Waals surface area contributed by atoms with Gasteiger partial charge in [0.2, 0.25) is 29.7 Å². The number of nitrogens with one attached hydrogen (secondary N) is 1. The summed E-state index contributed by atoms with van der Waals surface area (Å²) in [6, 6.07) is -3.05. The van der Waals surface area contributed by atoms with Gasteiger partial charge in [0.25, 0.3) is 0 Å². The maximum atomic E-state index is 14.0. The van der Waals surface area contributed by atoms with Crippen molar-refractivity contribution in [3.8, 4) is 12.3 Å². The zero-order valence-electron chi connectivity index (χ0n) is 38.5. The number of carbonyl (C=O) groups is 4. The number of carbonyl (C=O) groups excluding carboxylic acids is 2. The molecule has 376 valence electrons. The van der Waals surface area contributed by atoms with E-state index >= 15 is 0 Å². The fraction of sp³-hybridized carbons (Fsp3) is 0.683. The Labute approximate surface area is 400 Å². The van der Waals surface area contributed by atoms with E-state index in [2.05, 4.69) is 31.9 Å². The van der Waals surface area contributed by atoms with Crippen molar-refractivity contribution in [3.05, 3.63) is 23.8 Å². The molecular weight excluding hydrogens is 912 g/mol. The van der Waals surface area contributed by atoms with E-state index in [-0.39, 0.29) is 107 Å². The van der Waals surface area contributed by atoms with Crippen LogP contribution in [0.2, 0.25) is 0 Å². The summed E-state index contributed by atoms with van der Waals surface area (Å²) in [6.07, 6.45) is 8.38. The Bertz CT molecular complexity index is 2090. The lowest BCUT2D eigenvalue weighted by molar-refractivity contribution is -0.140. The van der Waals surface area contributed by atoms with Crippen LogP contribution in [-0.4, -0.2) is 199 Å². The first-order chi connectivity index (χ1) is 32.3. The molecule has 2 saturated heterocycles. The third-order valence-electron chi connectivity index (χ3n) is 11.0. The summed E-state index contributed by atoms with van der Waals surface area (Å²) in [5, 5.41) is 48.1. The molecule has 3 aromatic rings. The normalized spacial score (nSPS) is 15.9. The van der Waals surface area contributed by atoms with Crippen molar-refractivity contribution >= 4 is 41.6 Å². The fourth-order valence-electron chi connectivity index (χ4n) is 7.40. The number of carboxylic acids is 2. The zero-order valence-corrected chi connectivity index (χ0v) is 39.3. The number of nitrogens with zero attached hydrogens (tertiary/aromatic N) is 13. The topological polar surface area (TPSA) is 334 Å². The molecule has 2 aliphatic rings. The molecule has 4 atom stereocenters. The summed E-state index contributed by atoms with van der Waals surface area (Å²) in [6.45, 7) is 8.56. The predicted octanol–water partition coefficient (Wildman–Crippen LogP) is -4.30. The predicted molar refractivity (Wildman–Crippen MR) is 239 cm³/mol. The highest BCUT2D eigenvalue weighted by Gasteiger charge is 2.34. The maximum absolute atomic E-state index is 14.0. The molecule has 2 aliphatic heterocycles. The number of ether oxygens (including phenoxy) is 3. The molecule has 68 heavy (non-hydrogen) atoms. The van der Waals surface area contributed by atoms with Gasteiger partial charge >= 0.3 is 11.9 Å². The van der Waals surface area contributed by atoms with E-state index in [0.29, 0.717) is 95.7 Å². The van der Waals surface area contributed by atoms with Crippen molar-refractivity contribution in [3.63, 3.8) is 0 Å². The molecule has 26 nitrogen and oxygen atoms in total. The van der Waals surface area contributed by atoms with Crippen molar-refractivity contribution in [2.75, 3.05) is 120 Å². The number of terminal acetylenes is 1. The van der Waals surface area contributed by atoms with E-state index in [9.17, 15) is 34.5 Å². The number of aromatic nitrogens is 9. The zero-order chi connectivity index (χ0) is 48.3. The summed E-state index contributed by atoms with van der Waals surface area (Å²) >= 11 is 0. The monoisotopic (exact) mass is 975 g/mol. The summed E-state index contributed by atoms with van der Waals surface area (Å²) in [7, 11) is 0. The minimum Gasteiger partial charge on any atom is -1.00 e. The van der Waals surface area contributed by atoms with Crippen molar-refractivity contribution in [2.24, 2.45) is 17.4 Å². The lowest BCUT2D eigenvalue weighted by Crippen LogP contribution is -3.00. The van der Waals surface area contributed by atoms with E-state index in [1.165, 1.54) is 15.6 Å². The molecule has 0 saturated carbocycles. The number of hydrogen-bond acceptors (Lipinski definition) is 20. The Morgan fingerprint density at radius 2 is 1.18 bits per heavy atom. The van der Waals surface area contributed by atoms with Gasteiger partial charge in [-0.2, -0.15) is 15.0 Å². The van der Waals surface area contributed by atoms with Crippen LogP contribution >= 0.6 is 0 Å². The van der Waals surface area contributed by atoms with E-state index in [1.54, 1.807) is 16.0 Å². The third-order valence-corrected chi connectivity index (χ3v) is 11.0. The largest absolute Gasteiger partial charge is 1.00 e. The molecule has 0 aliphatic carbocycles. The maximum Gasteiger partial charge on any atom is 0.303 e. The van der Waals surface area contributed by atoms with E-state index in [4.69, 9.17) is 47.1 Å². The molecule has 2 amide bonds. The van der Waals surface area contributed by atoms with Gasteiger partial charge in [-0.05, 0) is 25.2 Å². The van der Waals surface area contributed by atoms with E-state index < -0.39 is 30.1 Å². The van der Waals surface area contributed by atoms with Crippen LogP contribution in [0.15, 0.2) is 12.4 Å². The molecule has 5 rings (SSSR count). The number of aliphatic hydroxyl groups is 1. The molecular formula is C41H64ClN16O10-. The molecule has 0 radical (unpaired) electrons. The van der Waals surface area contributed by atoms with Crippen LogP contribution in [0.4, 0.5) is 17.8 Å². The molecule has 4 unspecified atom stereocenters. The van der Waals surface area contributed by atoms with Crippen molar-refractivity contribution < 1.29 is 61.1 Å². The average molecular weight is 977 g/mol. The average Bonchev–Trinajstić information content (AvgIpc) is 4.02. The number of nitrogens with two attached hydrogens (primary N) is 2. The number of anilines is 3.